The molecule has 4 N–H and O–H groups in total. The number of hydrogen-bond donors (Lipinski definition) is 4. The summed E-state index contributed by atoms with van der Waals surface area (Å²) in [6.07, 6.45) is 10.2. The first-order chi connectivity index (χ1) is 18.6. The monoisotopic (exact) mass is 540 g/mol. The summed E-state index contributed by atoms with van der Waals surface area (Å²) in [6, 6.07) is -0.759. The van der Waals surface area contributed by atoms with Crippen molar-refractivity contribution >= 4 is 17.8 Å². The number of carbonyl (C=O) groups is 3. The van der Waals surface area contributed by atoms with Crippen LogP contribution in [0.25, 0.3) is 0 Å². The summed E-state index contributed by atoms with van der Waals surface area (Å²) in [4.78, 5) is 47.7. The van der Waals surface area contributed by atoms with Crippen molar-refractivity contribution in [3.05, 3.63) is 65.8 Å². The molecule has 1 aromatic rings. The molecule has 3 rings (SSSR count). The predicted molar refractivity (Wildman–Crippen MR) is 146 cm³/mol. The minimum absolute atomic E-state index is 0.204. The molecule has 1 saturated heterocycles. The Morgan fingerprint density at radius 1 is 1.28 bits per heavy atom. The minimum Gasteiger partial charge on any atom is -0.460 e. The number of esters is 1. The van der Waals surface area contributed by atoms with Crippen molar-refractivity contribution in [2.75, 3.05) is 19.7 Å². The van der Waals surface area contributed by atoms with Crippen LogP contribution in [0.2, 0.25) is 0 Å². The maximum absolute atomic E-state index is 13.3. The molecule has 0 unspecified atom stereocenters. The summed E-state index contributed by atoms with van der Waals surface area (Å²) < 4.78 is 5.86. The molecule has 2 bridgehead atoms. The van der Waals surface area contributed by atoms with Crippen molar-refractivity contribution in [2.45, 2.75) is 64.7 Å². The zero-order valence-corrected chi connectivity index (χ0v) is 22.9. The maximum Gasteiger partial charge on any atom is 0.329 e. The molecular formula is C29H40N4O6. The van der Waals surface area contributed by atoms with E-state index in [0.717, 1.165) is 11.1 Å². The first-order valence-corrected chi connectivity index (χ1v) is 13.4. The lowest BCUT2D eigenvalue weighted by Gasteiger charge is -2.30. The zero-order valence-electron chi connectivity index (χ0n) is 22.9. The van der Waals surface area contributed by atoms with Gasteiger partial charge in [-0.2, -0.15) is 0 Å². The third-order valence-corrected chi connectivity index (χ3v) is 6.96. The Kier molecular flexibility index (Phi) is 10.8. The lowest BCUT2D eigenvalue weighted by molar-refractivity contribution is -0.159. The second-order valence-electron chi connectivity index (χ2n) is 10.4. The van der Waals surface area contributed by atoms with E-state index < -0.39 is 24.2 Å². The molecule has 1 fully saturated rings. The van der Waals surface area contributed by atoms with Crippen molar-refractivity contribution in [2.24, 2.45) is 11.8 Å². The number of allylic oxidation sites excluding steroid dienone is 2. The fourth-order valence-electron chi connectivity index (χ4n) is 4.86. The van der Waals surface area contributed by atoms with Crippen LogP contribution in [-0.2, 0) is 20.7 Å². The topological polar surface area (TPSA) is 145 Å². The van der Waals surface area contributed by atoms with Crippen LogP contribution in [0, 0.1) is 11.8 Å². The first kappa shape index (κ1) is 30.0. The number of nitrogens with zero attached hydrogens (tertiary/aromatic N) is 2. The number of H-pyrrole nitrogens is 1. The second kappa shape index (κ2) is 14.0. The van der Waals surface area contributed by atoms with Gasteiger partial charge in [0.05, 0.1) is 12.3 Å². The highest BCUT2D eigenvalue weighted by Crippen LogP contribution is 2.25. The van der Waals surface area contributed by atoms with Crippen LogP contribution in [-0.4, -0.2) is 80.8 Å². The molecule has 10 nitrogen and oxygen atoms in total. The van der Waals surface area contributed by atoms with Crippen molar-refractivity contribution in [1.82, 2.24) is 20.2 Å². The highest BCUT2D eigenvalue weighted by molar-refractivity contribution is 5.95. The van der Waals surface area contributed by atoms with Crippen molar-refractivity contribution in [1.29, 1.82) is 0 Å². The number of aromatic amines is 1. The maximum atomic E-state index is 13.3. The fourth-order valence-corrected chi connectivity index (χ4v) is 4.86. The molecule has 3 heterocycles. The van der Waals surface area contributed by atoms with Gasteiger partial charge in [-0.1, -0.05) is 55.9 Å². The molecule has 10 heteroatoms. The van der Waals surface area contributed by atoms with Gasteiger partial charge < -0.3 is 30.2 Å². The van der Waals surface area contributed by atoms with Crippen LogP contribution in [0.15, 0.2) is 54.3 Å². The van der Waals surface area contributed by atoms with E-state index in [1.807, 2.05) is 19.9 Å². The number of amides is 2. The second-order valence-corrected chi connectivity index (χ2v) is 10.4. The predicted octanol–water partition coefficient (Wildman–Crippen LogP) is 2.23. The Balaban J connectivity index is 1.87. The van der Waals surface area contributed by atoms with E-state index in [1.54, 1.807) is 25.2 Å². The summed E-state index contributed by atoms with van der Waals surface area (Å²) in [6.45, 7) is 9.96. The van der Waals surface area contributed by atoms with Gasteiger partial charge in [-0.25, -0.2) is 9.78 Å². The van der Waals surface area contributed by atoms with E-state index in [4.69, 9.17) is 4.74 Å². The Hall–Kier alpha value is -3.50. The van der Waals surface area contributed by atoms with E-state index in [-0.39, 0.29) is 36.0 Å². The number of rotatable bonds is 2. The van der Waals surface area contributed by atoms with Crippen LogP contribution < -0.4 is 5.32 Å². The fraction of sp³-hybridized carbons (Fsp3) is 0.517. The normalized spacial score (nSPS) is 30.0. The van der Waals surface area contributed by atoms with Crippen LogP contribution in [0.1, 0.15) is 56.3 Å². The van der Waals surface area contributed by atoms with Crippen LogP contribution in [0.4, 0.5) is 0 Å². The average Bonchev–Trinajstić information content (AvgIpc) is 3.57. The van der Waals surface area contributed by atoms with Gasteiger partial charge >= 0.3 is 5.97 Å². The molecule has 0 saturated carbocycles. The molecule has 0 radical (unpaired) electrons. The molecular weight excluding hydrogens is 500 g/mol. The highest BCUT2D eigenvalue weighted by Gasteiger charge is 2.38. The molecule has 2 amide bonds. The van der Waals surface area contributed by atoms with E-state index in [1.165, 1.54) is 17.2 Å². The van der Waals surface area contributed by atoms with Gasteiger partial charge in [0.25, 0.3) is 5.91 Å². The molecule has 5 atom stereocenters. The molecule has 0 aliphatic carbocycles. The van der Waals surface area contributed by atoms with Gasteiger partial charge in [-0.3, -0.25) is 9.59 Å². The first-order valence-electron chi connectivity index (χ1n) is 13.4. The Bertz CT molecular complexity index is 1140. The third-order valence-electron chi connectivity index (χ3n) is 6.96. The number of aliphatic hydroxyl groups is 2. The molecule has 39 heavy (non-hydrogen) atoms. The molecule has 1 aromatic heterocycles. The smallest absolute Gasteiger partial charge is 0.329 e. The lowest BCUT2D eigenvalue weighted by atomic mass is 9.93. The summed E-state index contributed by atoms with van der Waals surface area (Å²) >= 11 is 0. The lowest BCUT2D eigenvalue weighted by Crippen LogP contribution is -2.44. The number of fused-ring (bicyclic) bond motifs is 3. The Labute approximate surface area is 229 Å². The number of cyclic esters (lactones) is 1. The zero-order chi connectivity index (χ0) is 28.5. The van der Waals surface area contributed by atoms with Gasteiger partial charge in [0, 0.05) is 38.0 Å². The number of imidazole rings is 1. The van der Waals surface area contributed by atoms with Crippen LogP contribution >= 0.6 is 0 Å². The Morgan fingerprint density at radius 3 is 2.79 bits per heavy atom. The van der Waals surface area contributed by atoms with Gasteiger partial charge in [-0.05, 0) is 32.3 Å². The van der Waals surface area contributed by atoms with Crippen molar-refractivity contribution in [3.63, 3.8) is 0 Å². The SMILES string of the molecule is C=C1Cc2ncc([nH]2)C(=O)N2CCC[C@@H]2C(=O)O[C@H]([C@H](C)CO)[C@H](C)/C=C/C(=O)NC/C=C/C(C)=C/[C@@H](O)C1. The highest BCUT2D eigenvalue weighted by atomic mass is 16.5. The van der Waals surface area contributed by atoms with Gasteiger partial charge in [0.2, 0.25) is 5.91 Å². The van der Waals surface area contributed by atoms with Crippen LogP contribution in [0.5, 0.6) is 0 Å². The van der Waals surface area contributed by atoms with Gasteiger partial charge in [0.15, 0.2) is 0 Å². The number of ether oxygens (including phenoxy) is 1. The summed E-state index contributed by atoms with van der Waals surface area (Å²) in [7, 11) is 0. The standard InChI is InChI=1S/C29H40N4O6/c1-18-7-5-11-30-26(36)10-9-20(3)27(21(4)17-34)39-29(38)24-8-6-12-33(24)28(37)23-16-31-25(32-23)15-19(2)14-22(35)13-18/h5,7,9-10,13,16,20-22,24,27,34-35H,2,6,8,11-12,14-15,17H2,1,3-4H3,(H,30,36)(H,31,32)/b7-5+,10-9+,18-13+/t20-,21-,22-,24-,27+/m1/s1. The van der Waals surface area contributed by atoms with Gasteiger partial charge in [0.1, 0.15) is 23.7 Å². The quantitative estimate of drug-likeness (QED) is 0.333. The Morgan fingerprint density at radius 2 is 2.05 bits per heavy atom. The van der Waals surface area contributed by atoms with E-state index in [9.17, 15) is 24.6 Å². The number of carbonyl (C=O) groups excluding carboxylic acids is 3. The molecule has 2 aliphatic heterocycles. The van der Waals surface area contributed by atoms with E-state index >= 15 is 0 Å². The minimum atomic E-state index is -0.759. The summed E-state index contributed by atoms with van der Waals surface area (Å²) in [5.74, 6) is -1.40. The van der Waals surface area contributed by atoms with Crippen molar-refractivity contribution < 1.29 is 29.3 Å². The number of aliphatic hydroxyl groups excluding tert-OH is 2. The largest absolute Gasteiger partial charge is 0.460 e. The average molecular weight is 541 g/mol. The summed E-state index contributed by atoms with van der Waals surface area (Å²) in [5, 5.41) is 23.0. The van der Waals surface area contributed by atoms with Crippen molar-refractivity contribution in [3.8, 4) is 0 Å². The number of hydrogen-bond acceptors (Lipinski definition) is 7. The third kappa shape index (κ3) is 8.49. The molecule has 0 aromatic carbocycles. The van der Waals surface area contributed by atoms with Crippen LogP contribution in [0.3, 0.4) is 0 Å². The molecule has 212 valence electrons. The molecule has 2 aliphatic rings. The van der Waals surface area contributed by atoms with E-state index in [0.29, 0.717) is 44.6 Å². The van der Waals surface area contributed by atoms with E-state index in [2.05, 4.69) is 21.9 Å². The molecule has 0 spiro atoms. The summed E-state index contributed by atoms with van der Waals surface area (Å²) in [5.41, 5.74) is 1.84. The van der Waals surface area contributed by atoms with Gasteiger partial charge in [-0.15, -0.1) is 0 Å². The number of nitrogens with one attached hydrogen (secondary N) is 2. The number of aromatic nitrogens is 2.